The predicted molar refractivity (Wildman–Crippen MR) is 98.1 cm³/mol. The molecule has 0 aliphatic rings. The zero-order valence-electron chi connectivity index (χ0n) is 15.7. The van der Waals surface area contributed by atoms with Crippen molar-refractivity contribution in [2.24, 2.45) is 0 Å². The molecule has 1 N–H and O–H groups in total. The molecule has 3 nitrogen and oxygen atoms in total. The van der Waals surface area contributed by atoms with Gasteiger partial charge in [-0.15, -0.1) is 0 Å². The van der Waals surface area contributed by atoms with Crippen LogP contribution >= 0.6 is 0 Å². The van der Waals surface area contributed by atoms with Gasteiger partial charge in [0.1, 0.15) is 6.10 Å². The lowest BCUT2D eigenvalue weighted by atomic mass is 10.0. The Balaban J connectivity index is 3.61. The lowest BCUT2D eigenvalue weighted by Crippen LogP contribution is -2.16. The van der Waals surface area contributed by atoms with Crippen LogP contribution in [0.2, 0.25) is 0 Å². The van der Waals surface area contributed by atoms with Crippen LogP contribution in [0, 0.1) is 0 Å². The number of carboxylic acid groups (broad SMARTS) is 1. The number of ether oxygens (including phenoxy) is 1. The number of unbranched alkanes of at least 4 members (excludes halogenated alkanes) is 12. The van der Waals surface area contributed by atoms with Crippen molar-refractivity contribution in [1.29, 1.82) is 0 Å². The molecule has 0 radical (unpaired) electrons. The molecule has 1 unspecified atom stereocenters. The monoisotopic (exact) mass is 328 g/mol. The molecular formula is C20H40O3. The van der Waals surface area contributed by atoms with E-state index in [0.717, 1.165) is 25.7 Å². The van der Waals surface area contributed by atoms with Gasteiger partial charge < -0.3 is 9.84 Å². The standard InChI is InChI=1S/C20H40O3/c1-3-5-7-9-11-12-14-16-18-19(23-20(21)22)17-15-13-10-8-6-4-2/h19H,3-18H2,1-2H3,(H,21,22). The summed E-state index contributed by atoms with van der Waals surface area (Å²) >= 11 is 0. The van der Waals surface area contributed by atoms with Crippen molar-refractivity contribution in [3.8, 4) is 0 Å². The highest BCUT2D eigenvalue weighted by Crippen LogP contribution is 2.17. The third kappa shape index (κ3) is 17.5. The predicted octanol–water partition coefficient (Wildman–Crippen LogP) is 7.33. The fourth-order valence-electron chi connectivity index (χ4n) is 3.06. The second-order valence-corrected chi connectivity index (χ2v) is 6.83. The van der Waals surface area contributed by atoms with Crippen LogP contribution in [0.4, 0.5) is 4.79 Å². The largest absolute Gasteiger partial charge is 0.506 e. The van der Waals surface area contributed by atoms with Gasteiger partial charge in [-0.25, -0.2) is 4.79 Å². The first-order chi connectivity index (χ1) is 11.2. The Morgan fingerprint density at radius 2 is 1.04 bits per heavy atom. The molecule has 0 aliphatic carbocycles. The molecule has 0 aromatic heterocycles. The zero-order chi connectivity index (χ0) is 17.2. The smallest absolute Gasteiger partial charge is 0.450 e. The van der Waals surface area contributed by atoms with E-state index in [-0.39, 0.29) is 6.10 Å². The molecular weight excluding hydrogens is 288 g/mol. The van der Waals surface area contributed by atoms with Gasteiger partial charge in [-0.05, 0) is 25.7 Å². The Kier molecular flexibility index (Phi) is 17.1. The quantitative estimate of drug-likeness (QED) is 0.224. The van der Waals surface area contributed by atoms with E-state index in [4.69, 9.17) is 9.84 Å². The van der Waals surface area contributed by atoms with Gasteiger partial charge in [-0.1, -0.05) is 90.9 Å². The lowest BCUT2D eigenvalue weighted by molar-refractivity contribution is 0.0422. The molecule has 0 fully saturated rings. The van der Waals surface area contributed by atoms with Gasteiger partial charge in [-0.2, -0.15) is 0 Å². The van der Waals surface area contributed by atoms with Crippen molar-refractivity contribution in [2.45, 2.75) is 123 Å². The molecule has 0 rings (SSSR count). The molecule has 0 bridgehead atoms. The SMILES string of the molecule is CCCCCCCCCCC(CCCCCCCC)OC(=O)O. The lowest BCUT2D eigenvalue weighted by Gasteiger charge is -2.15. The van der Waals surface area contributed by atoms with Crippen LogP contribution in [0.3, 0.4) is 0 Å². The molecule has 23 heavy (non-hydrogen) atoms. The maximum absolute atomic E-state index is 10.8. The van der Waals surface area contributed by atoms with E-state index in [2.05, 4.69) is 13.8 Å². The molecule has 3 heteroatoms. The van der Waals surface area contributed by atoms with Gasteiger partial charge in [0.2, 0.25) is 0 Å². The first kappa shape index (κ1) is 22.3. The maximum Gasteiger partial charge on any atom is 0.506 e. The summed E-state index contributed by atoms with van der Waals surface area (Å²) in [6, 6.07) is 0. The maximum atomic E-state index is 10.8. The normalized spacial score (nSPS) is 12.3. The van der Waals surface area contributed by atoms with E-state index < -0.39 is 6.16 Å². The first-order valence-corrected chi connectivity index (χ1v) is 10.1. The molecule has 0 amide bonds. The third-order valence-corrected chi connectivity index (χ3v) is 4.53. The summed E-state index contributed by atoms with van der Waals surface area (Å²) in [7, 11) is 0. The number of hydrogen-bond donors (Lipinski definition) is 1. The minimum Gasteiger partial charge on any atom is -0.450 e. The second kappa shape index (κ2) is 17.6. The minimum absolute atomic E-state index is 0.0845. The fraction of sp³-hybridized carbons (Fsp3) is 0.950. The van der Waals surface area contributed by atoms with Gasteiger partial charge in [-0.3, -0.25) is 0 Å². The van der Waals surface area contributed by atoms with E-state index in [1.165, 1.54) is 77.0 Å². The summed E-state index contributed by atoms with van der Waals surface area (Å²) in [5, 5.41) is 8.86. The van der Waals surface area contributed by atoms with Crippen molar-refractivity contribution in [1.82, 2.24) is 0 Å². The van der Waals surface area contributed by atoms with E-state index in [1.807, 2.05) is 0 Å². The van der Waals surface area contributed by atoms with Gasteiger partial charge in [0, 0.05) is 0 Å². The summed E-state index contributed by atoms with van der Waals surface area (Å²) < 4.78 is 5.05. The van der Waals surface area contributed by atoms with Crippen molar-refractivity contribution in [2.75, 3.05) is 0 Å². The number of hydrogen-bond acceptors (Lipinski definition) is 2. The molecule has 138 valence electrons. The molecule has 0 aromatic rings. The Hall–Kier alpha value is -0.730. The van der Waals surface area contributed by atoms with Crippen molar-refractivity contribution in [3.05, 3.63) is 0 Å². The Labute approximate surface area is 144 Å². The molecule has 0 saturated heterocycles. The van der Waals surface area contributed by atoms with Crippen LogP contribution in [0.25, 0.3) is 0 Å². The van der Waals surface area contributed by atoms with Gasteiger partial charge in [0.15, 0.2) is 0 Å². The van der Waals surface area contributed by atoms with Crippen molar-refractivity contribution >= 4 is 6.16 Å². The van der Waals surface area contributed by atoms with Gasteiger partial charge in [0.05, 0.1) is 0 Å². The van der Waals surface area contributed by atoms with Gasteiger partial charge >= 0.3 is 6.16 Å². The van der Waals surface area contributed by atoms with Crippen LogP contribution in [-0.4, -0.2) is 17.4 Å². The first-order valence-electron chi connectivity index (χ1n) is 10.1. The van der Waals surface area contributed by atoms with Crippen molar-refractivity contribution < 1.29 is 14.6 Å². The van der Waals surface area contributed by atoms with Crippen molar-refractivity contribution in [3.63, 3.8) is 0 Å². The minimum atomic E-state index is -1.11. The molecule has 0 saturated carbocycles. The van der Waals surface area contributed by atoms with Crippen LogP contribution in [0.1, 0.15) is 117 Å². The summed E-state index contributed by atoms with van der Waals surface area (Å²) in [5.74, 6) is 0. The van der Waals surface area contributed by atoms with E-state index >= 15 is 0 Å². The summed E-state index contributed by atoms with van der Waals surface area (Å²) in [4.78, 5) is 10.8. The van der Waals surface area contributed by atoms with E-state index in [1.54, 1.807) is 0 Å². The third-order valence-electron chi connectivity index (χ3n) is 4.53. The zero-order valence-corrected chi connectivity index (χ0v) is 15.7. The highest BCUT2D eigenvalue weighted by Gasteiger charge is 2.12. The fourth-order valence-corrected chi connectivity index (χ4v) is 3.06. The molecule has 0 aliphatic heterocycles. The second-order valence-electron chi connectivity index (χ2n) is 6.83. The molecule has 1 atom stereocenters. The average Bonchev–Trinajstić information content (AvgIpc) is 2.52. The van der Waals surface area contributed by atoms with Crippen LogP contribution in [-0.2, 0) is 4.74 Å². The Bertz CT molecular complexity index is 253. The summed E-state index contributed by atoms with van der Waals surface area (Å²) in [5.41, 5.74) is 0. The van der Waals surface area contributed by atoms with Crippen LogP contribution in [0.5, 0.6) is 0 Å². The topological polar surface area (TPSA) is 46.5 Å². The van der Waals surface area contributed by atoms with Crippen LogP contribution in [0.15, 0.2) is 0 Å². The summed E-state index contributed by atoms with van der Waals surface area (Å²) in [6.07, 6.45) is 18.3. The van der Waals surface area contributed by atoms with Gasteiger partial charge in [0.25, 0.3) is 0 Å². The average molecular weight is 329 g/mol. The molecule has 0 spiro atoms. The molecule has 0 aromatic carbocycles. The van der Waals surface area contributed by atoms with E-state index in [9.17, 15) is 4.79 Å². The number of carbonyl (C=O) groups is 1. The number of rotatable bonds is 17. The summed E-state index contributed by atoms with van der Waals surface area (Å²) in [6.45, 7) is 4.47. The Morgan fingerprint density at radius 3 is 1.39 bits per heavy atom. The molecule has 0 heterocycles. The van der Waals surface area contributed by atoms with Crippen LogP contribution < -0.4 is 0 Å². The van der Waals surface area contributed by atoms with E-state index in [0.29, 0.717) is 0 Å². The highest BCUT2D eigenvalue weighted by atomic mass is 16.7. The Morgan fingerprint density at radius 1 is 0.696 bits per heavy atom. The highest BCUT2D eigenvalue weighted by molar-refractivity contribution is 5.57.